The second-order valence-corrected chi connectivity index (χ2v) is 5.95. The van der Waals surface area contributed by atoms with E-state index in [-0.39, 0.29) is 10.8 Å². The summed E-state index contributed by atoms with van der Waals surface area (Å²) in [6.07, 6.45) is 3.42. The van der Waals surface area contributed by atoms with Gasteiger partial charge < -0.3 is 9.47 Å². The fourth-order valence-electron chi connectivity index (χ4n) is 2.16. The number of hydrogen-bond acceptors (Lipinski definition) is 3. The van der Waals surface area contributed by atoms with Crippen LogP contribution < -0.4 is 5.14 Å². The molecular formula is C11H17N3O3S. The first-order valence-corrected chi connectivity index (χ1v) is 7.50. The first kappa shape index (κ1) is 13.1. The van der Waals surface area contributed by atoms with Crippen molar-refractivity contribution >= 4 is 15.9 Å². The molecular weight excluding hydrogens is 254 g/mol. The lowest BCUT2D eigenvalue weighted by atomic mass is 10.3. The third-order valence-corrected chi connectivity index (χ3v) is 4.03. The molecule has 0 aromatic carbocycles. The van der Waals surface area contributed by atoms with Gasteiger partial charge >= 0.3 is 0 Å². The standard InChI is InChI=1S/C11H17N3O3S/c1-2-13-8-9(18(12,16)17)7-10(13)11(15)14-5-3-4-6-14/h7-8H,2-6H2,1H3,(H2,12,16,17). The molecule has 0 saturated carbocycles. The highest BCUT2D eigenvalue weighted by Gasteiger charge is 2.24. The number of nitrogens with two attached hydrogens (primary N) is 1. The molecule has 1 aliphatic heterocycles. The monoisotopic (exact) mass is 271 g/mol. The lowest BCUT2D eigenvalue weighted by Crippen LogP contribution is -2.29. The zero-order valence-electron chi connectivity index (χ0n) is 10.3. The van der Waals surface area contributed by atoms with E-state index in [9.17, 15) is 13.2 Å². The Morgan fingerprint density at radius 3 is 2.50 bits per heavy atom. The summed E-state index contributed by atoms with van der Waals surface area (Å²) in [4.78, 5) is 14.0. The van der Waals surface area contributed by atoms with Crippen molar-refractivity contribution in [1.29, 1.82) is 0 Å². The van der Waals surface area contributed by atoms with Crippen LogP contribution in [0.15, 0.2) is 17.2 Å². The molecule has 2 rings (SSSR count). The van der Waals surface area contributed by atoms with Crippen LogP contribution in [-0.2, 0) is 16.6 Å². The molecule has 18 heavy (non-hydrogen) atoms. The number of carbonyl (C=O) groups excluding carboxylic acids is 1. The van der Waals surface area contributed by atoms with Gasteiger partial charge in [-0.15, -0.1) is 0 Å². The molecule has 0 unspecified atom stereocenters. The normalized spacial score (nSPS) is 16.2. The maximum absolute atomic E-state index is 12.2. The van der Waals surface area contributed by atoms with Crippen LogP contribution in [0.1, 0.15) is 30.3 Å². The van der Waals surface area contributed by atoms with Gasteiger partial charge in [-0.05, 0) is 25.8 Å². The van der Waals surface area contributed by atoms with Gasteiger partial charge in [0, 0.05) is 25.8 Å². The van der Waals surface area contributed by atoms with Crippen LogP contribution in [0.5, 0.6) is 0 Å². The van der Waals surface area contributed by atoms with E-state index < -0.39 is 10.0 Å². The van der Waals surface area contributed by atoms with E-state index >= 15 is 0 Å². The van der Waals surface area contributed by atoms with Crippen molar-refractivity contribution in [3.63, 3.8) is 0 Å². The van der Waals surface area contributed by atoms with Gasteiger partial charge in [-0.1, -0.05) is 0 Å². The Morgan fingerprint density at radius 2 is 2.00 bits per heavy atom. The van der Waals surface area contributed by atoms with Gasteiger partial charge in [-0.25, -0.2) is 13.6 Å². The topological polar surface area (TPSA) is 85.4 Å². The van der Waals surface area contributed by atoms with Crippen LogP contribution in [0.2, 0.25) is 0 Å². The summed E-state index contributed by atoms with van der Waals surface area (Å²) < 4.78 is 24.2. The largest absolute Gasteiger partial charge is 0.342 e. The molecule has 1 aromatic heterocycles. The van der Waals surface area contributed by atoms with Gasteiger partial charge in [0.15, 0.2) is 0 Å². The lowest BCUT2D eigenvalue weighted by molar-refractivity contribution is 0.0782. The lowest BCUT2D eigenvalue weighted by Gasteiger charge is -2.16. The van der Waals surface area contributed by atoms with Crippen molar-refractivity contribution in [2.45, 2.75) is 31.2 Å². The van der Waals surface area contributed by atoms with Crippen molar-refractivity contribution in [3.05, 3.63) is 18.0 Å². The maximum atomic E-state index is 12.2. The van der Waals surface area contributed by atoms with Gasteiger partial charge in [0.2, 0.25) is 10.0 Å². The molecule has 100 valence electrons. The Bertz CT molecular complexity index is 556. The molecule has 2 N–H and O–H groups in total. The highest BCUT2D eigenvalue weighted by atomic mass is 32.2. The fraction of sp³-hybridized carbons (Fsp3) is 0.545. The molecule has 0 atom stereocenters. The molecule has 0 spiro atoms. The summed E-state index contributed by atoms with van der Waals surface area (Å²) in [6.45, 7) is 3.86. The summed E-state index contributed by atoms with van der Waals surface area (Å²) in [5.74, 6) is -0.121. The molecule has 6 nitrogen and oxygen atoms in total. The summed E-state index contributed by atoms with van der Waals surface area (Å²) in [5.41, 5.74) is 0.392. The van der Waals surface area contributed by atoms with E-state index in [1.807, 2.05) is 6.92 Å². The van der Waals surface area contributed by atoms with Gasteiger partial charge in [0.05, 0.1) is 0 Å². The summed E-state index contributed by atoms with van der Waals surface area (Å²) >= 11 is 0. The number of carbonyl (C=O) groups is 1. The van der Waals surface area contributed by atoms with Crippen molar-refractivity contribution in [1.82, 2.24) is 9.47 Å². The molecule has 1 aliphatic rings. The number of aromatic nitrogens is 1. The van der Waals surface area contributed by atoms with Crippen LogP contribution in [0.25, 0.3) is 0 Å². The van der Waals surface area contributed by atoms with Crippen molar-refractivity contribution in [3.8, 4) is 0 Å². The number of sulfonamides is 1. The third-order valence-electron chi connectivity index (χ3n) is 3.15. The van der Waals surface area contributed by atoms with E-state index in [0.717, 1.165) is 25.9 Å². The predicted molar refractivity (Wildman–Crippen MR) is 66.6 cm³/mol. The van der Waals surface area contributed by atoms with Crippen LogP contribution >= 0.6 is 0 Å². The van der Waals surface area contributed by atoms with E-state index in [1.54, 1.807) is 9.47 Å². The summed E-state index contributed by atoms with van der Waals surface area (Å²) in [6, 6.07) is 1.36. The first-order valence-electron chi connectivity index (χ1n) is 5.95. The average molecular weight is 271 g/mol. The molecule has 1 saturated heterocycles. The van der Waals surface area contributed by atoms with Crippen LogP contribution in [-0.4, -0.2) is 36.9 Å². The van der Waals surface area contributed by atoms with Crippen molar-refractivity contribution in [2.75, 3.05) is 13.1 Å². The highest BCUT2D eigenvalue weighted by Crippen LogP contribution is 2.18. The quantitative estimate of drug-likeness (QED) is 0.863. The minimum Gasteiger partial charge on any atom is -0.342 e. The number of likely N-dealkylation sites (tertiary alicyclic amines) is 1. The molecule has 1 fully saturated rings. The fourth-order valence-corrected chi connectivity index (χ4v) is 2.71. The molecule has 2 heterocycles. The van der Waals surface area contributed by atoms with Crippen LogP contribution in [0.3, 0.4) is 0 Å². The third kappa shape index (κ3) is 2.41. The van der Waals surface area contributed by atoms with Gasteiger partial charge in [-0.2, -0.15) is 0 Å². The van der Waals surface area contributed by atoms with Gasteiger partial charge in [-0.3, -0.25) is 4.79 Å². The molecule has 7 heteroatoms. The number of amides is 1. The van der Waals surface area contributed by atoms with Gasteiger partial charge in [0.1, 0.15) is 10.6 Å². The van der Waals surface area contributed by atoms with Crippen LogP contribution in [0, 0.1) is 0 Å². The Labute approximate surface area is 106 Å². The minimum atomic E-state index is -3.76. The van der Waals surface area contributed by atoms with Crippen LogP contribution in [0.4, 0.5) is 0 Å². The summed E-state index contributed by atoms with van der Waals surface area (Å²) in [5, 5.41) is 5.08. The second-order valence-electron chi connectivity index (χ2n) is 4.39. The minimum absolute atomic E-state index is 0.00750. The highest BCUT2D eigenvalue weighted by molar-refractivity contribution is 7.89. The maximum Gasteiger partial charge on any atom is 0.270 e. The van der Waals surface area contributed by atoms with E-state index in [1.165, 1.54) is 12.3 Å². The molecule has 1 amide bonds. The average Bonchev–Trinajstić information content (AvgIpc) is 2.96. The first-order chi connectivity index (χ1) is 8.43. The Morgan fingerprint density at radius 1 is 1.39 bits per heavy atom. The second kappa shape index (κ2) is 4.74. The van der Waals surface area contributed by atoms with E-state index in [2.05, 4.69) is 0 Å². The molecule has 0 aliphatic carbocycles. The number of hydrogen-bond donors (Lipinski definition) is 1. The molecule has 1 aromatic rings. The zero-order valence-corrected chi connectivity index (χ0v) is 11.1. The van der Waals surface area contributed by atoms with Crippen molar-refractivity contribution < 1.29 is 13.2 Å². The van der Waals surface area contributed by atoms with E-state index in [4.69, 9.17) is 5.14 Å². The smallest absolute Gasteiger partial charge is 0.270 e. The molecule has 0 bridgehead atoms. The zero-order chi connectivity index (χ0) is 13.3. The number of rotatable bonds is 3. The Balaban J connectivity index is 2.37. The number of nitrogens with zero attached hydrogens (tertiary/aromatic N) is 2. The Hall–Kier alpha value is -1.34. The van der Waals surface area contributed by atoms with Crippen molar-refractivity contribution in [2.24, 2.45) is 5.14 Å². The predicted octanol–water partition coefficient (Wildman–Crippen LogP) is 0.391. The number of primary sulfonamides is 1. The summed E-state index contributed by atoms with van der Waals surface area (Å²) in [7, 11) is -3.76. The Kier molecular flexibility index (Phi) is 3.45. The van der Waals surface area contributed by atoms with Gasteiger partial charge in [0.25, 0.3) is 5.91 Å². The SMILES string of the molecule is CCn1cc(S(N)(=O)=O)cc1C(=O)N1CCCC1. The number of aryl methyl sites for hydroxylation is 1. The van der Waals surface area contributed by atoms with E-state index in [0.29, 0.717) is 12.2 Å². The molecule has 0 radical (unpaired) electrons.